The first kappa shape index (κ1) is 23.3. The maximum absolute atomic E-state index is 12.9. The predicted molar refractivity (Wildman–Crippen MR) is 109 cm³/mol. The third kappa shape index (κ3) is 5.55. The number of aromatic nitrogens is 2. The van der Waals surface area contributed by atoms with Gasteiger partial charge in [-0.15, -0.1) is 0 Å². The molecule has 7 nitrogen and oxygen atoms in total. The number of amides is 1. The molecule has 1 aromatic carbocycles. The van der Waals surface area contributed by atoms with Crippen LogP contribution >= 0.6 is 11.8 Å². The van der Waals surface area contributed by atoms with Crippen LogP contribution in [-0.4, -0.2) is 47.3 Å². The zero-order valence-electron chi connectivity index (χ0n) is 16.6. The Balaban J connectivity index is 2.15. The zero-order valence-corrected chi connectivity index (χ0v) is 18.3. The number of hydrogen-bond acceptors (Lipinski definition) is 5. The Labute approximate surface area is 173 Å². The summed E-state index contributed by atoms with van der Waals surface area (Å²) in [5, 5.41) is 6.87. The summed E-state index contributed by atoms with van der Waals surface area (Å²) >= 11 is 0.422. The normalized spacial score (nSPS) is 12.0. The molecule has 29 heavy (non-hydrogen) atoms. The fourth-order valence-electron chi connectivity index (χ4n) is 2.96. The van der Waals surface area contributed by atoms with E-state index in [9.17, 15) is 22.0 Å². The number of hydrogen-bond donors (Lipinski definition) is 1. The van der Waals surface area contributed by atoms with E-state index in [4.69, 9.17) is 0 Å². The third-order valence-electron chi connectivity index (χ3n) is 4.27. The summed E-state index contributed by atoms with van der Waals surface area (Å²) in [6, 6.07) is 6.04. The molecule has 0 bridgehead atoms. The summed E-state index contributed by atoms with van der Waals surface area (Å²) in [6.07, 6.45) is 0. The van der Waals surface area contributed by atoms with E-state index in [2.05, 4.69) is 10.4 Å². The second-order valence-electron chi connectivity index (χ2n) is 6.20. The monoisotopic (exact) mass is 446 g/mol. The van der Waals surface area contributed by atoms with Crippen LogP contribution in [0.3, 0.4) is 0 Å². The molecule has 0 fully saturated rings. The van der Waals surface area contributed by atoms with E-state index in [1.165, 1.54) is 33.3 Å². The summed E-state index contributed by atoms with van der Waals surface area (Å²) in [7, 11) is -3.70. The van der Waals surface area contributed by atoms with Gasteiger partial charge >= 0.3 is 0 Å². The Hall–Kier alpha value is -1.98. The molecule has 0 radical (unpaired) electrons. The Bertz CT molecular complexity index is 956. The smallest absolute Gasteiger partial charge is 0.288 e. The van der Waals surface area contributed by atoms with Crippen LogP contribution in [0.15, 0.2) is 34.1 Å². The molecule has 0 aliphatic rings. The number of carbonyl (C=O) groups excluding carboxylic acids is 1. The van der Waals surface area contributed by atoms with Crippen molar-refractivity contribution < 1.29 is 22.0 Å². The van der Waals surface area contributed by atoms with Gasteiger partial charge in [0.2, 0.25) is 15.9 Å². The van der Waals surface area contributed by atoms with Crippen molar-refractivity contribution >= 4 is 33.4 Å². The predicted octanol–water partition coefficient (Wildman–Crippen LogP) is 3.48. The molecule has 1 heterocycles. The topological polar surface area (TPSA) is 84.3 Å². The van der Waals surface area contributed by atoms with Gasteiger partial charge < -0.3 is 5.32 Å². The first-order valence-electron chi connectivity index (χ1n) is 8.99. The number of aryl methyl sites for hydroxylation is 1. The molecule has 160 valence electrons. The highest BCUT2D eigenvalue weighted by atomic mass is 32.2. The summed E-state index contributed by atoms with van der Waals surface area (Å²) in [4.78, 5) is 12.9. The Morgan fingerprint density at radius 2 is 1.79 bits per heavy atom. The van der Waals surface area contributed by atoms with Crippen molar-refractivity contribution in [1.29, 1.82) is 0 Å². The largest absolute Gasteiger partial charge is 0.324 e. The van der Waals surface area contributed by atoms with Crippen molar-refractivity contribution in [2.24, 2.45) is 0 Å². The minimum absolute atomic E-state index is 0.113. The number of thioether (sulfide) groups is 1. The average Bonchev–Trinajstić information content (AvgIpc) is 2.91. The number of alkyl halides is 2. The van der Waals surface area contributed by atoms with Crippen molar-refractivity contribution in [3.8, 4) is 0 Å². The van der Waals surface area contributed by atoms with Gasteiger partial charge in [0.15, 0.2) is 0 Å². The number of anilines is 1. The maximum atomic E-state index is 12.9. The van der Waals surface area contributed by atoms with E-state index in [-0.39, 0.29) is 11.4 Å². The van der Waals surface area contributed by atoms with Crippen LogP contribution < -0.4 is 5.32 Å². The molecule has 0 unspecified atom stereocenters. The highest BCUT2D eigenvalue weighted by molar-refractivity contribution is 7.99. The minimum atomic E-state index is -3.70. The summed E-state index contributed by atoms with van der Waals surface area (Å²) in [5.74, 6) is -2.92. The summed E-state index contributed by atoms with van der Waals surface area (Å²) in [6.45, 7) is 7.22. The molecule has 2 aromatic rings. The van der Waals surface area contributed by atoms with E-state index in [1.807, 2.05) is 0 Å². The Kier molecular flexibility index (Phi) is 7.78. The average molecular weight is 447 g/mol. The van der Waals surface area contributed by atoms with Crippen LogP contribution in [0.2, 0.25) is 0 Å². The molecule has 0 saturated heterocycles. The van der Waals surface area contributed by atoms with Crippen LogP contribution in [0.4, 0.5) is 14.5 Å². The van der Waals surface area contributed by atoms with Gasteiger partial charge in [-0.2, -0.15) is 18.2 Å². The van der Waals surface area contributed by atoms with Crippen LogP contribution in [0.25, 0.3) is 0 Å². The lowest BCUT2D eigenvalue weighted by atomic mass is 10.3. The molecule has 2 rings (SSSR count). The number of sulfonamides is 1. The second-order valence-corrected chi connectivity index (χ2v) is 9.14. The number of rotatable bonds is 9. The molecule has 0 saturated carbocycles. The quantitative estimate of drug-likeness (QED) is 0.596. The third-order valence-corrected chi connectivity index (χ3v) is 7.30. The van der Waals surface area contributed by atoms with Crippen molar-refractivity contribution in [1.82, 2.24) is 14.1 Å². The number of nitrogens with one attached hydrogen (secondary N) is 1. The van der Waals surface area contributed by atoms with E-state index >= 15 is 0 Å². The fraction of sp³-hybridized carbons (Fsp3) is 0.444. The Morgan fingerprint density at radius 3 is 2.31 bits per heavy atom. The van der Waals surface area contributed by atoms with Crippen LogP contribution in [-0.2, 0) is 21.4 Å². The van der Waals surface area contributed by atoms with Gasteiger partial charge in [-0.05, 0) is 38.1 Å². The number of nitrogens with zero attached hydrogens (tertiary/aromatic N) is 3. The maximum Gasteiger partial charge on any atom is 0.288 e. The van der Waals surface area contributed by atoms with Gasteiger partial charge in [0.1, 0.15) is 11.4 Å². The fourth-order valence-corrected chi connectivity index (χ4v) is 5.29. The van der Waals surface area contributed by atoms with Crippen molar-refractivity contribution in [3.05, 3.63) is 35.7 Å². The molecule has 1 aromatic heterocycles. The van der Waals surface area contributed by atoms with Crippen molar-refractivity contribution in [3.63, 3.8) is 0 Å². The van der Waals surface area contributed by atoms with Gasteiger partial charge in [-0.25, -0.2) is 8.42 Å². The van der Waals surface area contributed by atoms with E-state index in [1.54, 1.807) is 27.7 Å². The zero-order chi connectivity index (χ0) is 21.8. The molecule has 0 atom stereocenters. The van der Waals surface area contributed by atoms with Crippen molar-refractivity contribution in [2.45, 2.75) is 49.8 Å². The number of benzene rings is 1. The van der Waals surface area contributed by atoms with E-state index in [0.717, 1.165) is 0 Å². The highest BCUT2D eigenvalue weighted by Crippen LogP contribution is 2.26. The number of carbonyl (C=O) groups is 1. The highest BCUT2D eigenvalue weighted by Gasteiger charge is 2.29. The SMILES string of the molecule is CCN(CC)S(=O)(=O)c1c(C)nn(CC(=O)Nc2ccc(SC(F)F)cc2)c1C. The molecule has 0 aliphatic heterocycles. The van der Waals surface area contributed by atoms with Crippen LogP contribution in [0.1, 0.15) is 25.2 Å². The lowest BCUT2D eigenvalue weighted by Gasteiger charge is -2.18. The Morgan fingerprint density at radius 1 is 1.21 bits per heavy atom. The lowest BCUT2D eigenvalue weighted by molar-refractivity contribution is -0.116. The van der Waals surface area contributed by atoms with E-state index in [0.29, 0.717) is 46.8 Å². The number of halogens is 2. The van der Waals surface area contributed by atoms with Crippen molar-refractivity contribution in [2.75, 3.05) is 18.4 Å². The summed E-state index contributed by atoms with van der Waals surface area (Å²) in [5.41, 5.74) is 1.16. The van der Waals surface area contributed by atoms with Gasteiger partial charge in [0.05, 0.1) is 11.4 Å². The van der Waals surface area contributed by atoms with Gasteiger partial charge in [0, 0.05) is 23.7 Å². The second kappa shape index (κ2) is 9.68. The molecule has 11 heteroatoms. The van der Waals surface area contributed by atoms with Gasteiger partial charge in [0.25, 0.3) is 5.76 Å². The molecule has 1 amide bonds. The molecule has 1 N–H and O–H groups in total. The molecule has 0 aliphatic carbocycles. The molecular formula is C18H24F2N4O3S2. The molecular weight excluding hydrogens is 422 g/mol. The van der Waals surface area contributed by atoms with E-state index < -0.39 is 21.7 Å². The summed E-state index contributed by atoms with van der Waals surface area (Å²) < 4.78 is 53.1. The first-order valence-corrected chi connectivity index (χ1v) is 11.3. The van der Waals surface area contributed by atoms with Gasteiger partial charge in [-0.1, -0.05) is 25.6 Å². The van der Waals surface area contributed by atoms with Gasteiger partial charge in [-0.3, -0.25) is 9.48 Å². The molecule has 0 spiro atoms. The standard InChI is InChI=1S/C18H24F2N4O3S2/c1-5-23(6-2)29(26,27)17-12(3)22-24(13(17)4)11-16(25)21-14-7-9-15(10-8-14)28-18(19)20/h7-10,18H,5-6,11H2,1-4H3,(H,21,25). The van der Waals surface area contributed by atoms with Crippen LogP contribution in [0, 0.1) is 13.8 Å². The minimum Gasteiger partial charge on any atom is -0.324 e. The van der Waals surface area contributed by atoms with Crippen LogP contribution in [0.5, 0.6) is 0 Å². The lowest BCUT2D eigenvalue weighted by Crippen LogP contribution is -2.31. The first-order chi connectivity index (χ1) is 13.6.